The molecule has 2 heterocycles. The number of carboxylic acid groups (broad SMARTS) is 1. The second-order valence-electron chi connectivity index (χ2n) is 8.00. The van der Waals surface area contributed by atoms with Crippen molar-refractivity contribution in [3.63, 3.8) is 0 Å². The minimum absolute atomic E-state index is 0.0820. The zero-order chi connectivity index (χ0) is 24.8. The Balaban J connectivity index is 1.58. The van der Waals surface area contributed by atoms with Crippen molar-refractivity contribution in [1.82, 2.24) is 9.55 Å². The van der Waals surface area contributed by atoms with Gasteiger partial charge in [-0.25, -0.2) is 18.8 Å². The number of nitrogens with zero attached hydrogens (tertiary/aromatic N) is 2. The maximum absolute atomic E-state index is 14.0. The predicted molar refractivity (Wildman–Crippen MR) is 126 cm³/mol. The number of hydrogen-bond donors (Lipinski definition) is 2. The van der Waals surface area contributed by atoms with E-state index in [1.54, 1.807) is 5.32 Å². The number of ether oxygens (including phenoxy) is 3. The number of amides is 1. The van der Waals surface area contributed by atoms with Gasteiger partial charge in [-0.05, 0) is 6.42 Å². The summed E-state index contributed by atoms with van der Waals surface area (Å²) in [6.07, 6.45) is 9.58. The number of carbonyl (C=O) groups is 2. The van der Waals surface area contributed by atoms with Crippen LogP contribution in [0.2, 0.25) is 0 Å². The van der Waals surface area contributed by atoms with Crippen LogP contribution in [0.15, 0.2) is 11.0 Å². The highest BCUT2D eigenvalue weighted by Gasteiger charge is 2.30. The Bertz CT molecular complexity index is 839. The van der Waals surface area contributed by atoms with Crippen LogP contribution in [-0.2, 0) is 14.2 Å². The lowest BCUT2D eigenvalue weighted by Crippen LogP contribution is -2.30. The highest BCUT2D eigenvalue weighted by molar-refractivity contribution is 8.00. The molecule has 1 aliphatic rings. The van der Waals surface area contributed by atoms with E-state index in [2.05, 4.69) is 11.9 Å². The molecular formula is C22H34FN3O7S. The van der Waals surface area contributed by atoms with Crippen molar-refractivity contribution in [2.45, 2.75) is 82.8 Å². The number of halogens is 1. The Kier molecular flexibility index (Phi) is 12.8. The third-order valence-corrected chi connectivity index (χ3v) is 6.33. The summed E-state index contributed by atoms with van der Waals surface area (Å²) in [5.74, 6) is -1.38. The van der Waals surface area contributed by atoms with Crippen LogP contribution in [0.1, 0.15) is 77.4 Å². The first-order chi connectivity index (χ1) is 16.4. The Morgan fingerprint density at radius 2 is 1.82 bits per heavy atom. The molecule has 10 nitrogen and oxygen atoms in total. The fraction of sp³-hybridized carbons (Fsp3) is 0.727. The molecule has 1 saturated heterocycles. The normalized spacial score (nSPS) is 17.5. The number of hydrogen-bond acceptors (Lipinski definition) is 8. The SMILES string of the molecule is CCCCCCCCCCCCOC(=O)OC[C@H]1O[C@@H](n2cc(F)c(NC(=O)O)nc2=O)CS1. The van der Waals surface area contributed by atoms with E-state index < -0.39 is 41.2 Å². The van der Waals surface area contributed by atoms with Gasteiger partial charge in [0.2, 0.25) is 0 Å². The summed E-state index contributed by atoms with van der Waals surface area (Å²) < 4.78 is 30.7. The Labute approximate surface area is 202 Å². The summed E-state index contributed by atoms with van der Waals surface area (Å²) in [6, 6.07) is 0. The standard InChI is InChI=1S/C22H34FN3O7S/c1-2-3-4-5-6-7-8-9-10-11-12-31-22(30)32-14-18-33-17(15-34-18)26-13-16(23)19(24-20(26)27)25-21(28)29/h13,17-18H,2-12,14-15H2,1H3,(H,28,29)(H,24,25,27)/t17-,18+/m1/s1. The fourth-order valence-corrected chi connectivity index (χ4v) is 4.43. The highest BCUT2D eigenvalue weighted by atomic mass is 32.2. The molecule has 1 aromatic rings. The van der Waals surface area contributed by atoms with Crippen LogP contribution in [0.3, 0.4) is 0 Å². The number of aromatic nitrogens is 2. The van der Waals surface area contributed by atoms with Gasteiger partial charge in [-0.2, -0.15) is 4.98 Å². The lowest BCUT2D eigenvalue weighted by Gasteiger charge is -2.15. The third-order valence-electron chi connectivity index (χ3n) is 5.23. The quantitative estimate of drug-likeness (QED) is 0.247. The molecule has 1 aromatic heterocycles. The summed E-state index contributed by atoms with van der Waals surface area (Å²) in [5.41, 5.74) is -1.42. The van der Waals surface area contributed by atoms with E-state index in [9.17, 15) is 18.8 Å². The van der Waals surface area contributed by atoms with Crippen molar-refractivity contribution in [2.24, 2.45) is 0 Å². The first kappa shape index (κ1) is 27.9. The van der Waals surface area contributed by atoms with Crippen molar-refractivity contribution in [1.29, 1.82) is 0 Å². The molecule has 2 atom stereocenters. The van der Waals surface area contributed by atoms with Gasteiger partial charge in [-0.3, -0.25) is 9.88 Å². The number of nitrogens with one attached hydrogen (secondary N) is 1. The molecule has 0 bridgehead atoms. The molecule has 2 rings (SSSR count). The molecular weight excluding hydrogens is 469 g/mol. The van der Waals surface area contributed by atoms with Gasteiger partial charge in [-0.15, -0.1) is 11.8 Å². The summed E-state index contributed by atoms with van der Waals surface area (Å²) in [4.78, 5) is 37.8. The molecule has 0 spiro atoms. The van der Waals surface area contributed by atoms with Gasteiger partial charge in [0.05, 0.1) is 12.8 Å². The van der Waals surface area contributed by atoms with Crippen LogP contribution in [0.4, 0.5) is 19.8 Å². The Hall–Kier alpha value is -2.34. The second-order valence-corrected chi connectivity index (χ2v) is 9.19. The van der Waals surface area contributed by atoms with Crippen molar-refractivity contribution >= 4 is 29.8 Å². The zero-order valence-corrected chi connectivity index (χ0v) is 20.3. The Morgan fingerprint density at radius 3 is 2.47 bits per heavy atom. The van der Waals surface area contributed by atoms with E-state index >= 15 is 0 Å². The zero-order valence-electron chi connectivity index (χ0n) is 19.5. The average molecular weight is 504 g/mol. The van der Waals surface area contributed by atoms with E-state index in [1.807, 2.05) is 0 Å². The molecule has 0 unspecified atom stereocenters. The van der Waals surface area contributed by atoms with Gasteiger partial charge in [0.1, 0.15) is 18.3 Å². The van der Waals surface area contributed by atoms with Crippen LogP contribution >= 0.6 is 11.8 Å². The lowest BCUT2D eigenvalue weighted by atomic mass is 10.1. The summed E-state index contributed by atoms with van der Waals surface area (Å²) in [7, 11) is 0. The third kappa shape index (κ3) is 10.3. The molecule has 1 aliphatic heterocycles. The maximum atomic E-state index is 14.0. The monoisotopic (exact) mass is 503 g/mol. The molecule has 0 radical (unpaired) electrons. The number of thioether (sulfide) groups is 1. The van der Waals surface area contributed by atoms with Crippen molar-refractivity contribution in [2.75, 3.05) is 24.3 Å². The summed E-state index contributed by atoms with van der Waals surface area (Å²) >= 11 is 1.29. The van der Waals surface area contributed by atoms with Crippen LogP contribution in [0.25, 0.3) is 0 Å². The van der Waals surface area contributed by atoms with Gasteiger partial charge in [0.25, 0.3) is 0 Å². The first-order valence-corrected chi connectivity index (χ1v) is 12.8. The summed E-state index contributed by atoms with van der Waals surface area (Å²) in [5, 5.41) is 10.4. The smallest absolute Gasteiger partial charge is 0.465 e. The van der Waals surface area contributed by atoms with E-state index in [4.69, 9.17) is 19.3 Å². The van der Waals surface area contributed by atoms with E-state index in [-0.39, 0.29) is 6.61 Å². The number of carbonyl (C=O) groups excluding carboxylic acids is 1. The van der Waals surface area contributed by atoms with Gasteiger partial charge < -0.3 is 19.3 Å². The number of anilines is 1. The van der Waals surface area contributed by atoms with Crippen LogP contribution in [-0.4, -0.2) is 51.3 Å². The largest absolute Gasteiger partial charge is 0.508 e. The molecule has 34 heavy (non-hydrogen) atoms. The van der Waals surface area contributed by atoms with Gasteiger partial charge in [0, 0.05) is 5.75 Å². The average Bonchev–Trinajstić information content (AvgIpc) is 3.26. The minimum Gasteiger partial charge on any atom is -0.465 e. The van der Waals surface area contributed by atoms with Crippen LogP contribution in [0, 0.1) is 5.82 Å². The van der Waals surface area contributed by atoms with Gasteiger partial charge in [0.15, 0.2) is 11.6 Å². The topological polar surface area (TPSA) is 129 Å². The van der Waals surface area contributed by atoms with Gasteiger partial charge >= 0.3 is 17.9 Å². The fourth-order valence-electron chi connectivity index (χ4n) is 3.44. The second kappa shape index (κ2) is 15.5. The molecule has 2 N–H and O–H groups in total. The molecule has 0 aliphatic carbocycles. The van der Waals surface area contributed by atoms with Crippen molar-refractivity contribution in [3.8, 4) is 0 Å². The van der Waals surface area contributed by atoms with Crippen molar-refractivity contribution < 1.29 is 33.3 Å². The lowest BCUT2D eigenvalue weighted by molar-refractivity contribution is -0.0242. The van der Waals surface area contributed by atoms with Crippen LogP contribution < -0.4 is 11.0 Å². The van der Waals surface area contributed by atoms with E-state index in [0.29, 0.717) is 12.4 Å². The van der Waals surface area contributed by atoms with Gasteiger partial charge in [-0.1, -0.05) is 64.7 Å². The Morgan fingerprint density at radius 1 is 1.18 bits per heavy atom. The predicted octanol–water partition coefficient (Wildman–Crippen LogP) is 5.13. The molecule has 1 amide bonds. The maximum Gasteiger partial charge on any atom is 0.508 e. The van der Waals surface area contributed by atoms with Crippen LogP contribution in [0.5, 0.6) is 0 Å². The molecule has 192 valence electrons. The molecule has 12 heteroatoms. The summed E-state index contributed by atoms with van der Waals surface area (Å²) in [6.45, 7) is 2.43. The highest BCUT2D eigenvalue weighted by Crippen LogP contribution is 2.31. The number of unbranched alkanes of at least 4 members (excludes halogenated alkanes) is 9. The van der Waals surface area contributed by atoms with E-state index in [1.165, 1.54) is 56.7 Å². The van der Waals surface area contributed by atoms with Crippen molar-refractivity contribution in [3.05, 3.63) is 22.5 Å². The molecule has 1 fully saturated rings. The number of rotatable bonds is 15. The first-order valence-electron chi connectivity index (χ1n) is 11.8. The molecule has 0 aromatic carbocycles. The molecule has 0 saturated carbocycles. The van der Waals surface area contributed by atoms with E-state index in [0.717, 1.165) is 30.0 Å². The minimum atomic E-state index is -1.53.